The van der Waals surface area contributed by atoms with E-state index in [1.54, 1.807) is 0 Å². The highest BCUT2D eigenvalue weighted by molar-refractivity contribution is 9.26. The summed E-state index contributed by atoms with van der Waals surface area (Å²) >= 11 is 5.52. The van der Waals surface area contributed by atoms with E-state index in [0.717, 1.165) is 0 Å². The molecule has 5 heteroatoms. The van der Waals surface area contributed by atoms with E-state index in [1.807, 2.05) is 0 Å². The Morgan fingerprint density at radius 3 is 1.50 bits per heavy atom. The maximum Gasteiger partial charge on any atom is 0.168 e. The van der Waals surface area contributed by atoms with Crippen molar-refractivity contribution in [2.75, 3.05) is 0 Å². The van der Waals surface area contributed by atoms with Crippen molar-refractivity contribution in [2.45, 2.75) is 3.07 Å². The summed E-state index contributed by atoms with van der Waals surface area (Å²) in [7, 11) is -2.33. The second-order valence-electron chi connectivity index (χ2n) is 0.563. The molecule has 0 atom stereocenters. The fourth-order valence-electron chi connectivity index (χ4n) is 0. The van der Waals surface area contributed by atoms with Crippen LogP contribution in [0.4, 0.5) is 0 Å². The summed E-state index contributed by atoms with van der Waals surface area (Å²) in [6.45, 7) is 0. The second kappa shape index (κ2) is 2.98. The average Bonchev–Trinajstić information content (AvgIpc) is 1.36. The van der Waals surface area contributed by atoms with Gasteiger partial charge in [-0.15, -0.1) is 0 Å². The van der Waals surface area contributed by atoms with E-state index in [0.29, 0.717) is 0 Å². The third-order valence-electron chi connectivity index (χ3n) is 0.159. The highest BCUT2D eigenvalue weighted by atomic mass is 79.9. The van der Waals surface area contributed by atoms with Gasteiger partial charge in [-0.05, 0) is 0 Å². The maximum absolute atomic E-state index is 9.64. The molecule has 2 nitrogen and oxygen atoms in total. The van der Waals surface area contributed by atoms with E-state index < -0.39 is 13.8 Å². The van der Waals surface area contributed by atoms with Gasteiger partial charge in [0.15, 0.2) is 13.8 Å². The Labute approximate surface area is 54.1 Å². The Morgan fingerprint density at radius 2 is 1.50 bits per heavy atom. The largest absolute Gasteiger partial charge is 0.230 e. The Hall–Kier alpha value is 0.910. The zero-order chi connectivity index (χ0) is 5.15. The zero-order valence-electron chi connectivity index (χ0n) is 2.60. The van der Waals surface area contributed by atoms with Gasteiger partial charge in [0.25, 0.3) is 0 Å². The molecule has 0 unspecified atom stereocenters. The van der Waals surface area contributed by atoms with Crippen LogP contribution in [0.3, 0.4) is 0 Å². The highest BCUT2D eigenvalue weighted by Gasteiger charge is 1.94. The molecule has 0 fully saturated rings. The Kier molecular flexibility index (Phi) is 3.44. The lowest BCUT2D eigenvalue weighted by Gasteiger charge is -1.77. The van der Waals surface area contributed by atoms with Gasteiger partial charge in [-0.1, -0.05) is 31.9 Å². The number of halogens is 2. The average molecular weight is 238 g/mol. The van der Waals surface area contributed by atoms with Gasteiger partial charge in [-0.25, -0.2) is 8.42 Å². The molecule has 0 rings (SSSR count). The third-order valence-corrected chi connectivity index (χ3v) is 2.48. The first-order valence-electron chi connectivity index (χ1n) is 1.06. The molecule has 0 N–H and O–H groups in total. The Balaban J connectivity index is 3.57. The first-order valence-corrected chi connectivity index (χ1v) is 4.14. The summed E-state index contributed by atoms with van der Waals surface area (Å²) < 4.78 is 18.7. The molecule has 0 saturated carbocycles. The van der Waals surface area contributed by atoms with Crippen molar-refractivity contribution >= 4 is 42.6 Å². The Bertz CT molecular complexity index is 87.7. The summed E-state index contributed by atoms with van der Waals surface area (Å²) in [6, 6.07) is 0. The first-order chi connectivity index (χ1) is 2.64. The maximum atomic E-state index is 9.64. The van der Waals surface area contributed by atoms with Crippen LogP contribution in [0.15, 0.2) is 0 Å². The second-order valence-corrected chi connectivity index (χ2v) is 6.13. The smallest absolute Gasteiger partial charge is 0.168 e. The third kappa shape index (κ3) is 3.11. The van der Waals surface area contributed by atoms with Crippen molar-refractivity contribution in [3.8, 4) is 0 Å². The van der Waals surface area contributed by atoms with Gasteiger partial charge >= 0.3 is 0 Å². The van der Waals surface area contributed by atoms with Crippen LogP contribution in [0.1, 0.15) is 0 Å². The molecule has 0 amide bonds. The molecule has 0 aromatic carbocycles. The standard InChI is InChI=1S/CH2Br2O2S/c2-1(3)6(4)5/h1,6H. The lowest BCUT2D eigenvalue weighted by molar-refractivity contribution is 0.618. The van der Waals surface area contributed by atoms with E-state index in [2.05, 4.69) is 31.9 Å². The molecule has 0 heterocycles. The quantitative estimate of drug-likeness (QED) is 0.538. The molecule has 0 aliphatic carbocycles. The number of hydrogen-bond acceptors (Lipinski definition) is 2. The fourth-order valence-corrected chi connectivity index (χ4v) is 0. The molecular formula is CH2Br2O2S. The molecule has 0 radical (unpaired) electrons. The number of thiol groups is 1. The number of alkyl halides is 2. The molecule has 0 aliphatic rings. The lowest BCUT2D eigenvalue weighted by atomic mass is 11.9. The molecule has 0 saturated heterocycles. The van der Waals surface area contributed by atoms with Crippen molar-refractivity contribution in [2.24, 2.45) is 0 Å². The molecule has 6 heavy (non-hydrogen) atoms. The van der Waals surface area contributed by atoms with Crippen molar-refractivity contribution in [1.29, 1.82) is 0 Å². The van der Waals surface area contributed by atoms with Gasteiger partial charge in [0.2, 0.25) is 0 Å². The lowest BCUT2D eigenvalue weighted by Crippen LogP contribution is -1.82. The summed E-state index contributed by atoms with van der Waals surface area (Å²) in [5, 5.41) is 0. The van der Waals surface area contributed by atoms with Crippen molar-refractivity contribution in [1.82, 2.24) is 0 Å². The van der Waals surface area contributed by atoms with E-state index in [-0.39, 0.29) is 0 Å². The topological polar surface area (TPSA) is 34.1 Å². The van der Waals surface area contributed by atoms with Crippen LogP contribution in [0.2, 0.25) is 0 Å². The van der Waals surface area contributed by atoms with Crippen LogP contribution in [-0.2, 0) is 10.7 Å². The first kappa shape index (κ1) is 6.91. The summed E-state index contributed by atoms with van der Waals surface area (Å²) in [6.07, 6.45) is 0. The molecule has 38 valence electrons. The number of rotatable bonds is 1. The van der Waals surface area contributed by atoms with E-state index in [4.69, 9.17) is 0 Å². The summed E-state index contributed by atoms with van der Waals surface area (Å²) in [4.78, 5) is 0. The minimum absolute atomic E-state index is 0.569. The van der Waals surface area contributed by atoms with Gasteiger partial charge in [-0.3, -0.25) is 0 Å². The molecule has 0 aromatic heterocycles. The van der Waals surface area contributed by atoms with Crippen molar-refractivity contribution < 1.29 is 8.42 Å². The van der Waals surface area contributed by atoms with Gasteiger partial charge in [0.1, 0.15) is 0 Å². The fraction of sp³-hybridized carbons (Fsp3) is 1.00. The van der Waals surface area contributed by atoms with Crippen LogP contribution in [0, 0.1) is 0 Å². The SMILES string of the molecule is O=[SH](=O)C(Br)Br. The van der Waals surface area contributed by atoms with Gasteiger partial charge in [-0.2, -0.15) is 0 Å². The summed E-state index contributed by atoms with van der Waals surface area (Å²) in [5.74, 6) is 0. The molecule has 0 aliphatic heterocycles. The molecular weight excluding hydrogens is 236 g/mol. The predicted molar refractivity (Wildman–Crippen MR) is 32.0 cm³/mol. The van der Waals surface area contributed by atoms with E-state index >= 15 is 0 Å². The predicted octanol–water partition coefficient (Wildman–Crippen LogP) is 0.671. The summed E-state index contributed by atoms with van der Waals surface area (Å²) in [5.41, 5.74) is 0. The van der Waals surface area contributed by atoms with E-state index in [9.17, 15) is 8.42 Å². The monoisotopic (exact) mass is 236 g/mol. The molecule has 0 bridgehead atoms. The van der Waals surface area contributed by atoms with Crippen molar-refractivity contribution in [3.05, 3.63) is 0 Å². The van der Waals surface area contributed by atoms with E-state index in [1.165, 1.54) is 0 Å². The van der Waals surface area contributed by atoms with Crippen LogP contribution in [-0.4, -0.2) is 11.5 Å². The van der Waals surface area contributed by atoms with Crippen LogP contribution in [0.25, 0.3) is 0 Å². The van der Waals surface area contributed by atoms with Crippen LogP contribution >= 0.6 is 31.9 Å². The minimum Gasteiger partial charge on any atom is -0.230 e. The highest BCUT2D eigenvalue weighted by Crippen LogP contribution is 2.06. The normalized spacial score (nSPS) is 10.7. The zero-order valence-corrected chi connectivity index (χ0v) is 6.66. The molecule has 0 aromatic rings. The van der Waals surface area contributed by atoms with Crippen molar-refractivity contribution in [3.63, 3.8) is 0 Å². The van der Waals surface area contributed by atoms with Crippen LogP contribution in [0.5, 0.6) is 0 Å². The molecule has 0 spiro atoms. The Morgan fingerprint density at radius 1 is 1.33 bits per heavy atom. The minimum atomic E-state index is -2.33. The van der Waals surface area contributed by atoms with Crippen LogP contribution < -0.4 is 0 Å². The van der Waals surface area contributed by atoms with Gasteiger partial charge in [0.05, 0.1) is 0 Å². The van der Waals surface area contributed by atoms with Gasteiger partial charge in [0, 0.05) is 0 Å². The number of hydrogen-bond donors (Lipinski definition) is 1. The van der Waals surface area contributed by atoms with Gasteiger partial charge < -0.3 is 0 Å².